The topological polar surface area (TPSA) is 81.9 Å². The Morgan fingerprint density at radius 3 is 2.46 bits per heavy atom. The number of benzene rings is 1. The fourth-order valence-corrected chi connectivity index (χ4v) is 3.36. The van der Waals surface area contributed by atoms with Crippen LogP contribution in [-0.2, 0) is 4.79 Å². The third-order valence-electron chi connectivity index (χ3n) is 3.81. The molecule has 0 saturated carbocycles. The Bertz CT molecular complexity index is 1020. The highest BCUT2D eigenvalue weighted by atomic mass is 79.9. The zero-order valence-corrected chi connectivity index (χ0v) is 18.2. The molecule has 28 heavy (non-hydrogen) atoms. The summed E-state index contributed by atoms with van der Waals surface area (Å²) in [6.45, 7) is 7.26. The van der Waals surface area contributed by atoms with Gasteiger partial charge < -0.3 is 10.1 Å². The Hall–Kier alpha value is -2.45. The number of halogens is 2. The van der Waals surface area contributed by atoms with E-state index in [2.05, 4.69) is 36.3 Å². The fraction of sp³-hybridized carbons (Fsp3) is 0.263. The largest absolute Gasteiger partial charge is 0.480 e. The molecule has 146 valence electrons. The van der Waals surface area contributed by atoms with Crippen LogP contribution in [0, 0.1) is 20.8 Å². The van der Waals surface area contributed by atoms with Crippen molar-refractivity contribution in [1.29, 1.82) is 0 Å². The summed E-state index contributed by atoms with van der Waals surface area (Å²) in [5.41, 5.74) is 2.36. The Balaban J connectivity index is 1.80. The van der Waals surface area contributed by atoms with Crippen molar-refractivity contribution >= 4 is 39.3 Å². The minimum Gasteiger partial charge on any atom is -0.480 e. The maximum absolute atomic E-state index is 12.7. The molecule has 2 aromatic heterocycles. The first-order valence-corrected chi connectivity index (χ1v) is 9.72. The van der Waals surface area contributed by atoms with E-state index < -0.39 is 6.10 Å². The molecule has 1 atom stereocenters. The number of aromatic nitrogens is 4. The highest BCUT2D eigenvalue weighted by Crippen LogP contribution is 2.29. The SMILES string of the molecule is Cc1cc(C)nc(-n2nc(C)cc2NC(=O)C(C)Oc2ccc(Cl)cc2Br)n1. The van der Waals surface area contributed by atoms with Crippen LogP contribution in [0.25, 0.3) is 5.95 Å². The molecule has 0 aliphatic rings. The summed E-state index contributed by atoms with van der Waals surface area (Å²) < 4.78 is 7.93. The molecule has 0 aliphatic heterocycles. The molecule has 7 nitrogen and oxygen atoms in total. The Morgan fingerprint density at radius 2 is 1.82 bits per heavy atom. The van der Waals surface area contributed by atoms with Gasteiger partial charge in [-0.1, -0.05) is 11.6 Å². The molecule has 0 saturated heterocycles. The molecule has 0 spiro atoms. The van der Waals surface area contributed by atoms with E-state index in [9.17, 15) is 4.79 Å². The molecule has 0 aliphatic carbocycles. The minimum atomic E-state index is -0.749. The van der Waals surface area contributed by atoms with E-state index in [-0.39, 0.29) is 5.91 Å². The summed E-state index contributed by atoms with van der Waals surface area (Å²) in [6, 6.07) is 8.73. The van der Waals surface area contributed by atoms with E-state index in [1.54, 1.807) is 31.2 Å². The van der Waals surface area contributed by atoms with Crippen molar-refractivity contribution in [2.45, 2.75) is 33.8 Å². The van der Waals surface area contributed by atoms with Gasteiger partial charge in [-0.25, -0.2) is 9.97 Å². The molecule has 1 unspecified atom stereocenters. The summed E-state index contributed by atoms with van der Waals surface area (Å²) in [5, 5.41) is 7.81. The van der Waals surface area contributed by atoms with Gasteiger partial charge in [0, 0.05) is 22.5 Å². The monoisotopic (exact) mass is 463 g/mol. The van der Waals surface area contributed by atoms with Crippen LogP contribution < -0.4 is 10.1 Å². The number of amides is 1. The lowest BCUT2D eigenvalue weighted by atomic mass is 10.3. The number of nitrogens with zero attached hydrogens (tertiary/aromatic N) is 4. The molecule has 3 rings (SSSR count). The number of hydrogen-bond acceptors (Lipinski definition) is 5. The first kappa shape index (κ1) is 20.3. The van der Waals surface area contributed by atoms with Gasteiger partial charge in [0.1, 0.15) is 11.6 Å². The van der Waals surface area contributed by atoms with Gasteiger partial charge in [-0.3, -0.25) is 4.79 Å². The number of nitrogens with one attached hydrogen (secondary N) is 1. The lowest BCUT2D eigenvalue weighted by molar-refractivity contribution is -0.122. The molecule has 0 radical (unpaired) electrons. The van der Waals surface area contributed by atoms with Crippen LogP contribution >= 0.6 is 27.5 Å². The van der Waals surface area contributed by atoms with E-state index >= 15 is 0 Å². The second kappa shape index (κ2) is 8.28. The van der Waals surface area contributed by atoms with E-state index in [0.717, 1.165) is 17.1 Å². The molecule has 2 heterocycles. The first-order chi connectivity index (χ1) is 13.2. The van der Waals surface area contributed by atoms with E-state index in [1.165, 1.54) is 4.68 Å². The quantitative estimate of drug-likeness (QED) is 0.605. The lowest BCUT2D eigenvalue weighted by Gasteiger charge is -2.16. The van der Waals surface area contributed by atoms with E-state index in [4.69, 9.17) is 16.3 Å². The smallest absolute Gasteiger partial charge is 0.266 e. The number of hydrogen-bond donors (Lipinski definition) is 1. The van der Waals surface area contributed by atoms with Crippen molar-refractivity contribution in [2.24, 2.45) is 0 Å². The highest BCUT2D eigenvalue weighted by molar-refractivity contribution is 9.10. The molecule has 1 amide bonds. The Morgan fingerprint density at radius 1 is 1.14 bits per heavy atom. The highest BCUT2D eigenvalue weighted by Gasteiger charge is 2.20. The molecule has 9 heteroatoms. The van der Waals surface area contributed by atoms with Crippen LogP contribution in [0.3, 0.4) is 0 Å². The molecular formula is C19H19BrClN5O2. The predicted molar refractivity (Wildman–Crippen MR) is 111 cm³/mol. The summed E-state index contributed by atoms with van der Waals surface area (Å²) in [4.78, 5) is 21.5. The molecule has 1 N–H and O–H groups in total. The predicted octanol–water partition coefficient (Wildman–Crippen LogP) is 4.41. The Kier molecular flexibility index (Phi) is 6.00. The zero-order chi connectivity index (χ0) is 20.4. The van der Waals surface area contributed by atoms with Crippen LogP contribution in [0.15, 0.2) is 34.8 Å². The van der Waals surface area contributed by atoms with Crippen molar-refractivity contribution in [1.82, 2.24) is 19.7 Å². The number of anilines is 1. The van der Waals surface area contributed by atoms with Gasteiger partial charge >= 0.3 is 0 Å². The van der Waals surface area contributed by atoms with Gasteiger partial charge in [0.2, 0.25) is 0 Å². The van der Waals surface area contributed by atoms with Crippen LogP contribution in [0.5, 0.6) is 5.75 Å². The normalized spacial score (nSPS) is 11.9. The third-order valence-corrected chi connectivity index (χ3v) is 4.66. The fourth-order valence-electron chi connectivity index (χ4n) is 2.59. The average Bonchev–Trinajstić information content (AvgIpc) is 2.96. The van der Waals surface area contributed by atoms with Crippen molar-refractivity contribution < 1.29 is 9.53 Å². The summed E-state index contributed by atoms with van der Waals surface area (Å²) >= 11 is 9.32. The third kappa shape index (κ3) is 4.69. The van der Waals surface area contributed by atoms with Crippen molar-refractivity contribution in [3.8, 4) is 11.7 Å². The minimum absolute atomic E-state index is 0.327. The number of aryl methyl sites for hydroxylation is 3. The van der Waals surface area contributed by atoms with Crippen molar-refractivity contribution in [3.05, 3.63) is 56.9 Å². The molecule has 3 aromatic rings. The molecule has 1 aromatic carbocycles. The van der Waals surface area contributed by atoms with Gasteiger partial charge in [-0.2, -0.15) is 9.78 Å². The van der Waals surface area contributed by atoms with Crippen molar-refractivity contribution in [2.75, 3.05) is 5.32 Å². The molecular weight excluding hydrogens is 446 g/mol. The van der Waals surface area contributed by atoms with Gasteiger partial charge in [0.05, 0.1) is 10.2 Å². The number of rotatable bonds is 5. The standard InChI is InChI=1S/C19H19BrClN5O2/c1-10-7-11(2)23-19(22-10)26-17(8-12(3)25-26)24-18(27)13(4)28-16-6-5-14(21)9-15(16)20/h5-9,13H,1-4H3,(H,24,27). The van der Waals surface area contributed by atoms with Crippen LogP contribution in [0.4, 0.5) is 5.82 Å². The van der Waals surface area contributed by atoms with Gasteiger partial charge in [-0.15, -0.1) is 0 Å². The Labute approximate surface area is 176 Å². The first-order valence-electron chi connectivity index (χ1n) is 8.55. The number of carbonyl (C=O) groups is 1. The van der Waals surface area contributed by atoms with E-state index in [0.29, 0.717) is 27.0 Å². The lowest BCUT2D eigenvalue weighted by Crippen LogP contribution is -2.31. The maximum Gasteiger partial charge on any atom is 0.266 e. The van der Waals surface area contributed by atoms with Gasteiger partial charge in [0.15, 0.2) is 6.10 Å². The average molecular weight is 465 g/mol. The molecule has 0 bridgehead atoms. The molecule has 0 fully saturated rings. The van der Waals surface area contributed by atoms with Gasteiger partial charge in [0.25, 0.3) is 11.9 Å². The van der Waals surface area contributed by atoms with Crippen LogP contribution in [-0.4, -0.2) is 31.8 Å². The second-order valence-electron chi connectivity index (χ2n) is 6.36. The summed E-state index contributed by atoms with van der Waals surface area (Å²) in [7, 11) is 0. The number of ether oxygens (including phenoxy) is 1. The number of carbonyl (C=O) groups excluding carboxylic acids is 1. The summed E-state index contributed by atoms with van der Waals surface area (Å²) in [6.07, 6.45) is -0.749. The van der Waals surface area contributed by atoms with Crippen LogP contribution in [0.2, 0.25) is 5.02 Å². The zero-order valence-electron chi connectivity index (χ0n) is 15.8. The second-order valence-corrected chi connectivity index (χ2v) is 7.65. The van der Waals surface area contributed by atoms with Gasteiger partial charge in [-0.05, 0) is 67.9 Å². The van der Waals surface area contributed by atoms with Crippen molar-refractivity contribution in [3.63, 3.8) is 0 Å². The summed E-state index contributed by atoms with van der Waals surface area (Å²) in [5.74, 6) is 1.06. The van der Waals surface area contributed by atoms with E-state index in [1.807, 2.05) is 26.8 Å². The van der Waals surface area contributed by atoms with Crippen LogP contribution in [0.1, 0.15) is 24.0 Å². The maximum atomic E-state index is 12.7.